The maximum Gasteiger partial charge on any atom is 0.405 e. The van der Waals surface area contributed by atoms with Crippen LogP contribution >= 0.6 is 0 Å². The maximum absolute atomic E-state index is 12.1. The van der Waals surface area contributed by atoms with Gasteiger partial charge in [-0.05, 0) is 22.9 Å². The molecule has 128 valence electrons. The Bertz CT molecular complexity index is 759. The SMILES string of the molecule is COc1cc2ccccc2cc1C(=O)OCC(=O)NCC(F)(F)F. The average molecular weight is 341 g/mol. The number of nitrogens with one attached hydrogen (secondary N) is 1. The third-order valence-corrected chi connectivity index (χ3v) is 3.11. The Morgan fingerprint density at radius 3 is 2.33 bits per heavy atom. The van der Waals surface area contributed by atoms with Crippen LogP contribution in [0.5, 0.6) is 5.75 Å². The predicted octanol–water partition coefficient (Wildman–Crippen LogP) is 2.68. The van der Waals surface area contributed by atoms with E-state index in [2.05, 4.69) is 0 Å². The number of hydrogen-bond acceptors (Lipinski definition) is 4. The highest BCUT2D eigenvalue weighted by atomic mass is 19.4. The van der Waals surface area contributed by atoms with Gasteiger partial charge in [-0.1, -0.05) is 24.3 Å². The molecule has 0 unspecified atom stereocenters. The van der Waals surface area contributed by atoms with Gasteiger partial charge in [0.05, 0.1) is 7.11 Å². The van der Waals surface area contributed by atoms with E-state index >= 15 is 0 Å². The highest BCUT2D eigenvalue weighted by molar-refractivity contribution is 5.99. The van der Waals surface area contributed by atoms with Crippen LogP contribution in [-0.2, 0) is 9.53 Å². The zero-order chi connectivity index (χ0) is 17.7. The Kier molecular flexibility index (Phi) is 5.28. The van der Waals surface area contributed by atoms with Crippen LogP contribution < -0.4 is 10.1 Å². The molecule has 1 amide bonds. The van der Waals surface area contributed by atoms with Crippen molar-refractivity contribution in [3.8, 4) is 5.75 Å². The van der Waals surface area contributed by atoms with Crippen LogP contribution in [0.15, 0.2) is 36.4 Å². The summed E-state index contributed by atoms with van der Waals surface area (Å²) < 4.78 is 45.8. The molecule has 2 rings (SSSR count). The Morgan fingerprint density at radius 2 is 1.75 bits per heavy atom. The Morgan fingerprint density at radius 1 is 1.12 bits per heavy atom. The minimum absolute atomic E-state index is 0.0832. The van der Waals surface area contributed by atoms with Crippen LogP contribution in [0, 0.1) is 0 Å². The monoisotopic (exact) mass is 341 g/mol. The van der Waals surface area contributed by atoms with Crippen molar-refractivity contribution in [3.05, 3.63) is 42.0 Å². The molecule has 0 saturated carbocycles. The molecule has 0 aliphatic heterocycles. The van der Waals surface area contributed by atoms with E-state index in [1.807, 2.05) is 12.1 Å². The number of amides is 1. The lowest BCUT2D eigenvalue weighted by Crippen LogP contribution is -2.36. The molecule has 1 N–H and O–H groups in total. The van der Waals surface area contributed by atoms with E-state index in [-0.39, 0.29) is 11.3 Å². The fraction of sp³-hybridized carbons (Fsp3) is 0.250. The number of alkyl halides is 3. The summed E-state index contributed by atoms with van der Waals surface area (Å²) in [5.74, 6) is -1.66. The molecule has 8 heteroatoms. The van der Waals surface area contributed by atoms with Crippen molar-refractivity contribution in [3.63, 3.8) is 0 Å². The predicted molar refractivity (Wildman–Crippen MR) is 79.8 cm³/mol. The molecule has 0 aliphatic carbocycles. The van der Waals surface area contributed by atoms with Crippen molar-refractivity contribution >= 4 is 22.6 Å². The zero-order valence-electron chi connectivity index (χ0n) is 12.6. The first-order chi connectivity index (χ1) is 11.3. The van der Waals surface area contributed by atoms with E-state index in [1.54, 1.807) is 23.5 Å². The number of carbonyl (C=O) groups excluding carboxylic acids is 2. The van der Waals surface area contributed by atoms with Crippen LogP contribution in [0.2, 0.25) is 0 Å². The third kappa shape index (κ3) is 4.61. The molecule has 0 saturated heterocycles. The molecule has 24 heavy (non-hydrogen) atoms. The van der Waals surface area contributed by atoms with Gasteiger partial charge in [0.15, 0.2) is 6.61 Å². The van der Waals surface area contributed by atoms with Gasteiger partial charge in [-0.3, -0.25) is 4.79 Å². The van der Waals surface area contributed by atoms with Crippen molar-refractivity contribution in [1.29, 1.82) is 0 Å². The molecule has 2 aromatic rings. The number of rotatable bonds is 5. The average Bonchev–Trinajstić information content (AvgIpc) is 2.55. The number of fused-ring (bicyclic) bond motifs is 1. The number of ether oxygens (including phenoxy) is 2. The topological polar surface area (TPSA) is 64.6 Å². The minimum Gasteiger partial charge on any atom is -0.496 e. The standard InChI is InChI=1S/C16H14F3NO4/c1-23-13-7-11-5-3-2-4-10(11)6-12(13)15(22)24-8-14(21)20-9-16(17,18)19/h2-7H,8-9H2,1H3,(H,20,21). The molecule has 0 bridgehead atoms. The molecule has 0 heterocycles. The molecule has 0 atom stereocenters. The summed E-state index contributed by atoms with van der Waals surface area (Å²) in [4.78, 5) is 23.3. The summed E-state index contributed by atoms with van der Waals surface area (Å²) in [6.45, 7) is -2.30. The lowest BCUT2D eigenvalue weighted by atomic mass is 10.1. The quantitative estimate of drug-likeness (QED) is 0.850. The number of esters is 1. The molecule has 0 aromatic heterocycles. The van der Waals surface area contributed by atoms with E-state index < -0.39 is 31.2 Å². The number of benzene rings is 2. The van der Waals surface area contributed by atoms with Gasteiger partial charge in [0.1, 0.15) is 17.9 Å². The third-order valence-electron chi connectivity index (χ3n) is 3.11. The summed E-state index contributed by atoms with van der Waals surface area (Å²) in [5.41, 5.74) is 0.0832. The number of carbonyl (C=O) groups is 2. The van der Waals surface area contributed by atoms with Gasteiger partial charge in [0, 0.05) is 0 Å². The van der Waals surface area contributed by atoms with Crippen LogP contribution in [0.3, 0.4) is 0 Å². The normalized spacial score (nSPS) is 11.2. The Balaban J connectivity index is 2.06. The molecule has 0 radical (unpaired) electrons. The molecular formula is C16H14F3NO4. The van der Waals surface area contributed by atoms with Crippen molar-refractivity contribution in [2.45, 2.75) is 6.18 Å². The van der Waals surface area contributed by atoms with Crippen molar-refractivity contribution in [2.75, 3.05) is 20.3 Å². The second kappa shape index (κ2) is 7.20. The second-order valence-electron chi connectivity index (χ2n) is 4.87. The van der Waals surface area contributed by atoms with E-state index in [0.29, 0.717) is 0 Å². The summed E-state index contributed by atoms with van der Waals surface area (Å²) in [7, 11) is 1.37. The van der Waals surface area contributed by atoms with Crippen LogP contribution in [0.1, 0.15) is 10.4 Å². The summed E-state index contributed by atoms with van der Waals surface area (Å²) in [5, 5.41) is 3.21. The fourth-order valence-electron chi connectivity index (χ4n) is 2.01. The highest BCUT2D eigenvalue weighted by Gasteiger charge is 2.28. The first kappa shape index (κ1) is 17.6. The van der Waals surface area contributed by atoms with Gasteiger partial charge < -0.3 is 14.8 Å². The maximum atomic E-state index is 12.1. The molecule has 0 fully saturated rings. The number of methoxy groups -OCH3 is 1. The molecular weight excluding hydrogens is 327 g/mol. The zero-order valence-corrected chi connectivity index (χ0v) is 12.6. The molecule has 5 nitrogen and oxygen atoms in total. The first-order valence-corrected chi connectivity index (χ1v) is 6.87. The number of halogens is 3. The van der Waals surface area contributed by atoms with E-state index in [9.17, 15) is 22.8 Å². The highest BCUT2D eigenvalue weighted by Crippen LogP contribution is 2.26. The van der Waals surface area contributed by atoms with E-state index in [0.717, 1.165) is 10.8 Å². The van der Waals surface area contributed by atoms with E-state index in [4.69, 9.17) is 9.47 Å². The van der Waals surface area contributed by atoms with Crippen LogP contribution in [0.4, 0.5) is 13.2 Å². The summed E-state index contributed by atoms with van der Waals surface area (Å²) >= 11 is 0. The van der Waals surface area contributed by atoms with Crippen molar-refractivity contribution < 1.29 is 32.2 Å². The summed E-state index contributed by atoms with van der Waals surface area (Å²) in [6, 6.07) is 10.4. The van der Waals surface area contributed by atoms with Gasteiger partial charge in [-0.2, -0.15) is 13.2 Å². The number of hydrogen-bond donors (Lipinski definition) is 1. The van der Waals surface area contributed by atoms with Crippen molar-refractivity contribution in [1.82, 2.24) is 5.32 Å². The molecule has 0 spiro atoms. The summed E-state index contributed by atoms with van der Waals surface area (Å²) in [6.07, 6.45) is -4.53. The Labute approximate surface area is 135 Å². The van der Waals surface area contributed by atoms with Gasteiger partial charge in [0.2, 0.25) is 0 Å². The van der Waals surface area contributed by atoms with Crippen LogP contribution in [-0.4, -0.2) is 38.3 Å². The van der Waals surface area contributed by atoms with Gasteiger partial charge >= 0.3 is 12.1 Å². The van der Waals surface area contributed by atoms with E-state index in [1.165, 1.54) is 13.2 Å². The van der Waals surface area contributed by atoms with Gasteiger partial charge in [0.25, 0.3) is 5.91 Å². The fourth-order valence-corrected chi connectivity index (χ4v) is 2.01. The second-order valence-corrected chi connectivity index (χ2v) is 4.87. The smallest absolute Gasteiger partial charge is 0.405 e. The van der Waals surface area contributed by atoms with Gasteiger partial charge in [-0.25, -0.2) is 4.79 Å². The molecule has 0 aliphatic rings. The Hall–Kier alpha value is -2.77. The first-order valence-electron chi connectivity index (χ1n) is 6.87. The van der Waals surface area contributed by atoms with Crippen molar-refractivity contribution in [2.24, 2.45) is 0 Å². The lowest BCUT2D eigenvalue weighted by molar-refractivity contribution is -0.140. The van der Waals surface area contributed by atoms with Gasteiger partial charge in [-0.15, -0.1) is 0 Å². The minimum atomic E-state index is -4.53. The largest absolute Gasteiger partial charge is 0.496 e. The molecule has 2 aromatic carbocycles. The lowest BCUT2D eigenvalue weighted by Gasteiger charge is -2.11. The van der Waals surface area contributed by atoms with Crippen LogP contribution in [0.25, 0.3) is 10.8 Å².